The molecule has 2 heterocycles. The first kappa shape index (κ1) is 8.66. The monoisotopic (exact) mass is 178 g/mol. The Kier molecular flexibility index (Phi) is 2.29. The summed E-state index contributed by atoms with van der Waals surface area (Å²) in [6.45, 7) is 4.50. The predicted octanol–water partition coefficient (Wildman–Crippen LogP) is 0.567. The van der Waals surface area contributed by atoms with Crippen molar-refractivity contribution in [1.29, 1.82) is 0 Å². The Labute approximate surface area is 78.0 Å². The van der Waals surface area contributed by atoms with E-state index in [0.717, 1.165) is 25.3 Å². The number of hydrogen-bond donors (Lipinski definition) is 1. The fraction of sp³-hybridized carbons (Fsp3) is 0.500. The number of aromatic nitrogens is 1. The molecule has 0 unspecified atom stereocenters. The summed E-state index contributed by atoms with van der Waals surface area (Å²) in [5.41, 5.74) is 2.33. The number of β-amino-alcohol motifs (C(OH)–C–C–N with tert-alkyl or cyclic N) is 1. The van der Waals surface area contributed by atoms with Crippen LogP contribution in [0.5, 0.6) is 0 Å². The fourth-order valence-electron chi connectivity index (χ4n) is 1.59. The Morgan fingerprint density at radius 3 is 3.00 bits per heavy atom. The number of pyridine rings is 1. The highest BCUT2D eigenvalue weighted by molar-refractivity contribution is 5.14. The number of aliphatic hydroxyl groups is 1. The van der Waals surface area contributed by atoms with Gasteiger partial charge < -0.3 is 5.11 Å². The van der Waals surface area contributed by atoms with Gasteiger partial charge >= 0.3 is 0 Å². The van der Waals surface area contributed by atoms with Crippen LogP contribution in [0, 0.1) is 6.92 Å². The summed E-state index contributed by atoms with van der Waals surface area (Å²) < 4.78 is 0. The van der Waals surface area contributed by atoms with Crippen molar-refractivity contribution in [2.45, 2.75) is 19.6 Å². The van der Waals surface area contributed by atoms with E-state index in [4.69, 9.17) is 5.11 Å². The highest BCUT2D eigenvalue weighted by Crippen LogP contribution is 2.11. The minimum Gasteiger partial charge on any atom is -0.390 e. The van der Waals surface area contributed by atoms with Crippen LogP contribution in [0.25, 0.3) is 0 Å². The molecule has 0 aliphatic carbocycles. The molecule has 0 amide bonds. The topological polar surface area (TPSA) is 36.4 Å². The first-order valence-electron chi connectivity index (χ1n) is 4.56. The molecule has 3 nitrogen and oxygen atoms in total. The summed E-state index contributed by atoms with van der Waals surface area (Å²) in [7, 11) is 0. The molecule has 1 aliphatic rings. The molecule has 0 radical (unpaired) electrons. The number of hydrogen-bond acceptors (Lipinski definition) is 3. The Morgan fingerprint density at radius 1 is 1.62 bits per heavy atom. The second-order valence-corrected chi connectivity index (χ2v) is 3.67. The molecule has 1 fully saturated rings. The van der Waals surface area contributed by atoms with Crippen molar-refractivity contribution in [3.63, 3.8) is 0 Å². The molecule has 1 aliphatic heterocycles. The number of aryl methyl sites for hydroxylation is 1. The molecule has 0 saturated carbocycles. The number of aliphatic hydroxyl groups excluding tert-OH is 1. The van der Waals surface area contributed by atoms with Gasteiger partial charge in [0, 0.05) is 25.8 Å². The van der Waals surface area contributed by atoms with E-state index in [1.807, 2.05) is 12.3 Å². The van der Waals surface area contributed by atoms with Crippen molar-refractivity contribution in [2.24, 2.45) is 0 Å². The average Bonchev–Trinajstić information content (AvgIpc) is 2.01. The van der Waals surface area contributed by atoms with E-state index < -0.39 is 0 Å². The molecular formula is C10H14N2O. The predicted molar refractivity (Wildman–Crippen MR) is 50.3 cm³/mol. The van der Waals surface area contributed by atoms with Crippen LogP contribution in [0.2, 0.25) is 0 Å². The lowest BCUT2D eigenvalue weighted by atomic mass is 10.1. The van der Waals surface area contributed by atoms with Crippen molar-refractivity contribution < 1.29 is 5.11 Å². The van der Waals surface area contributed by atoms with Gasteiger partial charge in [0.25, 0.3) is 0 Å². The van der Waals surface area contributed by atoms with Crippen molar-refractivity contribution in [1.82, 2.24) is 9.88 Å². The smallest absolute Gasteiger partial charge is 0.0794 e. The molecule has 1 N–H and O–H groups in total. The van der Waals surface area contributed by atoms with Gasteiger partial charge in [-0.1, -0.05) is 0 Å². The maximum Gasteiger partial charge on any atom is 0.0794 e. The third-order valence-corrected chi connectivity index (χ3v) is 2.30. The summed E-state index contributed by atoms with van der Waals surface area (Å²) in [4.78, 5) is 6.45. The van der Waals surface area contributed by atoms with E-state index in [1.165, 1.54) is 5.56 Å². The minimum absolute atomic E-state index is 0.121. The molecular weight excluding hydrogens is 164 g/mol. The quantitative estimate of drug-likeness (QED) is 0.719. The van der Waals surface area contributed by atoms with Crippen LogP contribution >= 0.6 is 0 Å². The summed E-state index contributed by atoms with van der Waals surface area (Å²) in [5.74, 6) is 0. The lowest BCUT2D eigenvalue weighted by Gasteiger charge is -2.35. The van der Waals surface area contributed by atoms with Gasteiger partial charge in [-0.25, -0.2) is 0 Å². The maximum absolute atomic E-state index is 9.09. The highest BCUT2D eigenvalue weighted by atomic mass is 16.3. The Bertz CT molecular complexity index is 295. The molecule has 3 heteroatoms. The van der Waals surface area contributed by atoms with Gasteiger partial charge in [-0.2, -0.15) is 0 Å². The average molecular weight is 178 g/mol. The number of rotatable bonds is 2. The molecule has 1 aromatic rings. The van der Waals surface area contributed by atoms with Crippen molar-refractivity contribution >= 4 is 0 Å². The minimum atomic E-state index is -0.121. The number of likely N-dealkylation sites (tertiary alicyclic amines) is 1. The van der Waals surface area contributed by atoms with Crippen LogP contribution in [-0.4, -0.2) is 34.2 Å². The van der Waals surface area contributed by atoms with Gasteiger partial charge in [-0.3, -0.25) is 9.88 Å². The summed E-state index contributed by atoms with van der Waals surface area (Å²) >= 11 is 0. The first-order chi connectivity index (χ1) is 6.24. The largest absolute Gasteiger partial charge is 0.390 e. The first-order valence-corrected chi connectivity index (χ1v) is 4.56. The lowest BCUT2D eigenvalue weighted by Crippen LogP contribution is -2.49. The van der Waals surface area contributed by atoms with E-state index in [2.05, 4.69) is 22.9 Å². The van der Waals surface area contributed by atoms with E-state index in [1.54, 1.807) is 0 Å². The molecule has 70 valence electrons. The van der Waals surface area contributed by atoms with Gasteiger partial charge in [-0.15, -0.1) is 0 Å². The van der Waals surface area contributed by atoms with Crippen LogP contribution in [-0.2, 0) is 6.54 Å². The summed E-state index contributed by atoms with van der Waals surface area (Å²) in [5, 5.41) is 9.09. The summed E-state index contributed by atoms with van der Waals surface area (Å²) in [6.07, 6.45) is 1.71. The zero-order valence-corrected chi connectivity index (χ0v) is 7.77. The normalized spacial score (nSPS) is 18.6. The Hall–Kier alpha value is -0.930. The zero-order valence-electron chi connectivity index (χ0n) is 7.77. The van der Waals surface area contributed by atoms with Crippen molar-refractivity contribution in [3.8, 4) is 0 Å². The second kappa shape index (κ2) is 3.44. The van der Waals surface area contributed by atoms with Gasteiger partial charge in [0.05, 0.1) is 11.8 Å². The Balaban J connectivity index is 1.94. The standard InChI is InChI=1S/C10H14N2O/c1-8-2-3-11-9(4-8)5-12-6-10(13)7-12/h2-4,10,13H,5-7H2,1H3. The zero-order chi connectivity index (χ0) is 9.26. The maximum atomic E-state index is 9.09. The van der Waals surface area contributed by atoms with Gasteiger partial charge in [-0.05, 0) is 24.6 Å². The molecule has 2 rings (SSSR count). The molecule has 1 saturated heterocycles. The van der Waals surface area contributed by atoms with E-state index in [9.17, 15) is 0 Å². The van der Waals surface area contributed by atoms with Crippen LogP contribution in [0.4, 0.5) is 0 Å². The van der Waals surface area contributed by atoms with E-state index in [0.29, 0.717) is 0 Å². The molecule has 0 bridgehead atoms. The SMILES string of the molecule is Cc1ccnc(CN2CC(O)C2)c1. The van der Waals surface area contributed by atoms with Crippen LogP contribution in [0.15, 0.2) is 18.3 Å². The van der Waals surface area contributed by atoms with E-state index >= 15 is 0 Å². The molecule has 13 heavy (non-hydrogen) atoms. The van der Waals surface area contributed by atoms with Crippen LogP contribution in [0.3, 0.4) is 0 Å². The summed E-state index contributed by atoms with van der Waals surface area (Å²) in [6, 6.07) is 4.08. The van der Waals surface area contributed by atoms with Crippen LogP contribution < -0.4 is 0 Å². The lowest BCUT2D eigenvalue weighted by molar-refractivity contribution is -0.00354. The third-order valence-electron chi connectivity index (χ3n) is 2.30. The van der Waals surface area contributed by atoms with Crippen molar-refractivity contribution in [3.05, 3.63) is 29.6 Å². The number of nitrogens with zero attached hydrogens (tertiary/aromatic N) is 2. The fourth-order valence-corrected chi connectivity index (χ4v) is 1.59. The van der Waals surface area contributed by atoms with Crippen LogP contribution in [0.1, 0.15) is 11.3 Å². The van der Waals surface area contributed by atoms with E-state index in [-0.39, 0.29) is 6.10 Å². The molecule has 0 aromatic carbocycles. The van der Waals surface area contributed by atoms with Crippen molar-refractivity contribution in [2.75, 3.05) is 13.1 Å². The molecule has 0 spiro atoms. The highest BCUT2D eigenvalue weighted by Gasteiger charge is 2.24. The molecule has 0 atom stereocenters. The third kappa shape index (κ3) is 2.05. The second-order valence-electron chi connectivity index (χ2n) is 3.67. The van der Waals surface area contributed by atoms with Gasteiger partial charge in [0.15, 0.2) is 0 Å². The Morgan fingerprint density at radius 2 is 2.38 bits per heavy atom. The van der Waals surface area contributed by atoms with Gasteiger partial charge in [0.2, 0.25) is 0 Å². The van der Waals surface area contributed by atoms with Gasteiger partial charge in [0.1, 0.15) is 0 Å². The molecule has 1 aromatic heterocycles.